The number of hydrazine groups is 1. The number of carbonyl (C=O) groups excluding carboxylic acids is 1. The number of ether oxygens (including phenoxy) is 1. The van der Waals surface area contributed by atoms with E-state index in [9.17, 15) is 4.79 Å². The Balaban J connectivity index is 1.50. The molecule has 1 aromatic carbocycles. The average molecular weight is 318 g/mol. The monoisotopic (exact) mass is 318 g/mol. The predicted molar refractivity (Wildman–Crippen MR) is 88.6 cm³/mol. The van der Waals surface area contributed by atoms with Crippen LogP contribution in [0.15, 0.2) is 30.3 Å². The minimum absolute atomic E-state index is 0.00322. The lowest BCUT2D eigenvalue weighted by molar-refractivity contribution is -0.125. The minimum atomic E-state index is -0.138. The first-order valence-electron chi connectivity index (χ1n) is 8.39. The highest BCUT2D eigenvalue weighted by molar-refractivity contribution is 5.82. The van der Waals surface area contributed by atoms with Crippen LogP contribution in [0.2, 0.25) is 0 Å². The van der Waals surface area contributed by atoms with Gasteiger partial charge < -0.3 is 10.1 Å². The standard InChI is InChI=1S/C17H26N4O2/c1-13(19-17(22)15-7-8-18-20-15)16-12-21(9-10-23-16)11-14-5-3-2-4-6-14/h2-6,13,15-16,18,20H,7-12H2,1H3,(H,19,22). The Hall–Kier alpha value is -1.47. The molecule has 3 rings (SSSR count). The third kappa shape index (κ3) is 4.51. The summed E-state index contributed by atoms with van der Waals surface area (Å²) in [5.41, 5.74) is 7.29. The van der Waals surface area contributed by atoms with Crippen LogP contribution in [0.1, 0.15) is 18.9 Å². The van der Waals surface area contributed by atoms with Crippen LogP contribution < -0.4 is 16.2 Å². The highest BCUT2D eigenvalue weighted by Gasteiger charge is 2.29. The minimum Gasteiger partial charge on any atom is -0.373 e. The van der Waals surface area contributed by atoms with Crippen LogP contribution in [0.4, 0.5) is 0 Å². The summed E-state index contributed by atoms with van der Waals surface area (Å²) in [6.45, 7) is 6.26. The van der Waals surface area contributed by atoms with Gasteiger partial charge in [0.15, 0.2) is 0 Å². The SMILES string of the molecule is CC(NC(=O)C1CCNN1)C1CN(Cc2ccccc2)CCO1. The zero-order chi connectivity index (χ0) is 16.1. The van der Waals surface area contributed by atoms with Gasteiger partial charge in [-0.1, -0.05) is 30.3 Å². The fourth-order valence-electron chi connectivity index (χ4n) is 3.12. The number of morpholine rings is 1. The van der Waals surface area contributed by atoms with Gasteiger partial charge in [0.1, 0.15) is 6.04 Å². The first-order valence-corrected chi connectivity index (χ1v) is 8.39. The molecule has 23 heavy (non-hydrogen) atoms. The van der Waals surface area contributed by atoms with Crippen LogP contribution in [0.3, 0.4) is 0 Å². The maximum Gasteiger partial charge on any atom is 0.238 e. The molecule has 3 unspecified atom stereocenters. The van der Waals surface area contributed by atoms with Gasteiger partial charge in [-0.3, -0.25) is 15.1 Å². The maximum atomic E-state index is 12.2. The fourth-order valence-corrected chi connectivity index (χ4v) is 3.12. The number of nitrogens with zero attached hydrogens (tertiary/aromatic N) is 1. The second kappa shape index (κ2) is 7.88. The van der Waals surface area contributed by atoms with E-state index in [1.54, 1.807) is 0 Å². The molecular formula is C17H26N4O2. The number of rotatable bonds is 5. The third-order valence-corrected chi connectivity index (χ3v) is 4.50. The van der Waals surface area contributed by atoms with Gasteiger partial charge in [0.05, 0.1) is 18.8 Å². The first-order chi connectivity index (χ1) is 11.2. The zero-order valence-electron chi connectivity index (χ0n) is 13.6. The van der Waals surface area contributed by atoms with Gasteiger partial charge in [0, 0.05) is 26.2 Å². The smallest absolute Gasteiger partial charge is 0.238 e. The second-order valence-corrected chi connectivity index (χ2v) is 6.34. The summed E-state index contributed by atoms with van der Waals surface area (Å²) < 4.78 is 5.88. The molecule has 2 heterocycles. The summed E-state index contributed by atoms with van der Waals surface area (Å²) in [7, 11) is 0. The molecular weight excluding hydrogens is 292 g/mol. The van der Waals surface area contributed by atoms with Gasteiger partial charge in [-0.25, -0.2) is 5.43 Å². The Labute approximate surface area is 137 Å². The van der Waals surface area contributed by atoms with Crippen LogP contribution in [0.5, 0.6) is 0 Å². The van der Waals surface area contributed by atoms with E-state index in [4.69, 9.17) is 4.74 Å². The van der Waals surface area contributed by atoms with Gasteiger partial charge >= 0.3 is 0 Å². The number of nitrogens with one attached hydrogen (secondary N) is 3. The Kier molecular flexibility index (Phi) is 5.61. The van der Waals surface area contributed by atoms with E-state index in [2.05, 4.69) is 45.3 Å². The summed E-state index contributed by atoms with van der Waals surface area (Å²) in [5, 5.41) is 3.08. The molecule has 0 aliphatic carbocycles. The predicted octanol–water partition coefficient (Wildman–Crippen LogP) is 0.259. The van der Waals surface area contributed by atoms with E-state index in [0.717, 1.165) is 32.6 Å². The fraction of sp³-hybridized carbons (Fsp3) is 0.588. The van der Waals surface area contributed by atoms with Crippen LogP contribution in [0.25, 0.3) is 0 Å². The first kappa shape index (κ1) is 16.4. The molecule has 3 atom stereocenters. The van der Waals surface area contributed by atoms with E-state index in [1.807, 2.05) is 13.0 Å². The molecule has 2 saturated heterocycles. The highest BCUT2D eigenvalue weighted by atomic mass is 16.5. The van der Waals surface area contributed by atoms with Gasteiger partial charge in [-0.2, -0.15) is 0 Å². The Morgan fingerprint density at radius 2 is 2.26 bits per heavy atom. The molecule has 126 valence electrons. The topological polar surface area (TPSA) is 65.6 Å². The van der Waals surface area contributed by atoms with E-state index < -0.39 is 0 Å². The molecule has 3 N–H and O–H groups in total. The highest BCUT2D eigenvalue weighted by Crippen LogP contribution is 2.13. The summed E-state index contributed by atoms with van der Waals surface area (Å²) >= 11 is 0. The molecule has 0 aromatic heterocycles. The summed E-state index contributed by atoms with van der Waals surface area (Å²) in [6, 6.07) is 10.3. The van der Waals surface area contributed by atoms with Crippen molar-refractivity contribution in [2.24, 2.45) is 0 Å². The zero-order valence-corrected chi connectivity index (χ0v) is 13.6. The van der Waals surface area contributed by atoms with Gasteiger partial charge in [-0.05, 0) is 18.9 Å². The summed E-state index contributed by atoms with van der Waals surface area (Å²) in [5.74, 6) is 0.0475. The molecule has 0 spiro atoms. The Morgan fingerprint density at radius 3 is 3.00 bits per heavy atom. The van der Waals surface area contributed by atoms with Crippen molar-refractivity contribution in [1.29, 1.82) is 0 Å². The molecule has 0 radical (unpaired) electrons. The van der Waals surface area contributed by atoms with Crippen molar-refractivity contribution in [2.75, 3.05) is 26.2 Å². The molecule has 2 fully saturated rings. The third-order valence-electron chi connectivity index (χ3n) is 4.50. The Morgan fingerprint density at radius 1 is 1.43 bits per heavy atom. The van der Waals surface area contributed by atoms with Crippen molar-refractivity contribution in [3.8, 4) is 0 Å². The maximum absolute atomic E-state index is 12.2. The largest absolute Gasteiger partial charge is 0.373 e. The van der Waals surface area contributed by atoms with Crippen molar-refractivity contribution in [3.05, 3.63) is 35.9 Å². The van der Waals surface area contributed by atoms with E-state index in [0.29, 0.717) is 6.61 Å². The lowest BCUT2D eigenvalue weighted by atomic mass is 10.1. The van der Waals surface area contributed by atoms with E-state index in [-0.39, 0.29) is 24.1 Å². The molecule has 1 amide bonds. The van der Waals surface area contributed by atoms with E-state index >= 15 is 0 Å². The number of hydrogen-bond donors (Lipinski definition) is 3. The second-order valence-electron chi connectivity index (χ2n) is 6.34. The molecule has 6 heteroatoms. The lowest BCUT2D eigenvalue weighted by Crippen LogP contribution is -2.54. The van der Waals surface area contributed by atoms with Gasteiger partial charge in [0.2, 0.25) is 5.91 Å². The lowest BCUT2D eigenvalue weighted by Gasteiger charge is -2.36. The molecule has 0 bridgehead atoms. The van der Waals surface area contributed by atoms with Gasteiger partial charge in [-0.15, -0.1) is 0 Å². The quantitative estimate of drug-likeness (QED) is 0.727. The van der Waals surface area contributed by atoms with Crippen LogP contribution in [-0.4, -0.2) is 55.2 Å². The molecule has 2 aliphatic rings. The number of amides is 1. The number of hydrogen-bond acceptors (Lipinski definition) is 5. The molecule has 1 aromatic rings. The van der Waals surface area contributed by atoms with Crippen molar-refractivity contribution in [2.45, 2.75) is 38.1 Å². The molecule has 0 saturated carbocycles. The Bertz CT molecular complexity index is 505. The van der Waals surface area contributed by atoms with Crippen LogP contribution in [-0.2, 0) is 16.1 Å². The van der Waals surface area contributed by atoms with Crippen molar-refractivity contribution in [3.63, 3.8) is 0 Å². The summed E-state index contributed by atoms with van der Waals surface area (Å²) in [4.78, 5) is 14.6. The van der Waals surface area contributed by atoms with Crippen LogP contribution >= 0.6 is 0 Å². The molecule has 6 nitrogen and oxygen atoms in total. The summed E-state index contributed by atoms with van der Waals surface area (Å²) in [6.07, 6.45) is 0.857. The van der Waals surface area contributed by atoms with Gasteiger partial charge in [0.25, 0.3) is 0 Å². The number of benzene rings is 1. The average Bonchev–Trinajstić information content (AvgIpc) is 3.10. The van der Waals surface area contributed by atoms with Crippen LogP contribution in [0, 0.1) is 0 Å². The van der Waals surface area contributed by atoms with E-state index in [1.165, 1.54) is 5.56 Å². The van der Waals surface area contributed by atoms with Crippen molar-refractivity contribution < 1.29 is 9.53 Å². The number of carbonyl (C=O) groups is 1. The van der Waals surface area contributed by atoms with Crippen molar-refractivity contribution in [1.82, 2.24) is 21.1 Å². The van der Waals surface area contributed by atoms with Crippen molar-refractivity contribution >= 4 is 5.91 Å². The molecule has 2 aliphatic heterocycles. The normalized spacial score (nSPS) is 26.8.